The number of anilines is 2. The second kappa shape index (κ2) is 9.65. The summed E-state index contributed by atoms with van der Waals surface area (Å²) in [4.78, 5) is 50.2. The summed E-state index contributed by atoms with van der Waals surface area (Å²) in [6.07, 6.45) is 0.282. The van der Waals surface area contributed by atoms with Crippen molar-refractivity contribution in [3.05, 3.63) is 59.2 Å². The molecule has 0 atom stereocenters. The number of carbonyl (C=O) groups excluding carboxylic acids is 4. The van der Waals surface area contributed by atoms with E-state index in [4.69, 9.17) is 10.00 Å². The average molecular weight is 420 g/mol. The second-order valence-corrected chi connectivity index (χ2v) is 6.78. The highest BCUT2D eigenvalue weighted by atomic mass is 16.5. The standard InChI is InChI=1S/C22H20N4O5/c1-31-12-2-11-26-21(29)17-8-3-14(13-18(17)22(26)30)20(28)25-16-6-4-15(5-7-16)24-19(27)9-10-23/h3-8,13H,2,9,11-12H2,1H3,(H,24,27)(H,25,28). The summed E-state index contributed by atoms with van der Waals surface area (Å²) in [6.45, 7) is 0.681. The Bertz CT molecular complexity index is 1070. The van der Waals surface area contributed by atoms with Gasteiger partial charge in [0.25, 0.3) is 17.7 Å². The van der Waals surface area contributed by atoms with E-state index in [0.717, 1.165) is 4.90 Å². The van der Waals surface area contributed by atoms with Gasteiger partial charge in [-0.05, 0) is 48.9 Å². The van der Waals surface area contributed by atoms with E-state index in [1.807, 2.05) is 0 Å². The number of hydrogen-bond donors (Lipinski definition) is 2. The summed E-state index contributed by atoms with van der Waals surface area (Å²) >= 11 is 0. The number of amides is 4. The van der Waals surface area contributed by atoms with Crippen LogP contribution >= 0.6 is 0 Å². The first-order valence-corrected chi connectivity index (χ1v) is 9.52. The fourth-order valence-electron chi connectivity index (χ4n) is 3.12. The van der Waals surface area contributed by atoms with Gasteiger partial charge < -0.3 is 15.4 Å². The third-order valence-corrected chi connectivity index (χ3v) is 4.63. The van der Waals surface area contributed by atoms with Gasteiger partial charge in [0.15, 0.2) is 0 Å². The first-order chi connectivity index (χ1) is 14.9. The Labute approximate surface area is 178 Å². The molecule has 0 unspecified atom stereocenters. The largest absolute Gasteiger partial charge is 0.385 e. The van der Waals surface area contributed by atoms with Crippen molar-refractivity contribution in [3.8, 4) is 6.07 Å². The normalized spacial score (nSPS) is 12.3. The summed E-state index contributed by atoms with van der Waals surface area (Å²) < 4.78 is 4.96. The van der Waals surface area contributed by atoms with E-state index < -0.39 is 17.7 Å². The molecule has 0 saturated heterocycles. The molecule has 0 bridgehead atoms. The summed E-state index contributed by atoms with van der Waals surface area (Å²) in [5, 5.41) is 13.8. The monoisotopic (exact) mass is 420 g/mol. The number of rotatable bonds is 8. The minimum Gasteiger partial charge on any atom is -0.385 e. The second-order valence-electron chi connectivity index (χ2n) is 6.78. The van der Waals surface area contributed by atoms with Gasteiger partial charge >= 0.3 is 0 Å². The third-order valence-electron chi connectivity index (χ3n) is 4.63. The average Bonchev–Trinajstić information content (AvgIpc) is 2.99. The summed E-state index contributed by atoms with van der Waals surface area (Å²) in [5.41, 5.74) is 1.69. The molecule has 0 aromatic heterocycles. The van der Waals surface area contributed by atoms with E-state index in [1.54, 1.807) is 37.4 Å². The molecule has 1 heterocycles. The van der Waals surface area contributed by atoms with Crippen LogP contribution in [0.4, 0.5) is 11.4 Å². The Kier molecular flexibility index (Phi) is 6.74. The topological polar surface area (TPSA) is 129 Å². The van der Waals surface area contributed by atoms with Crippen molar-refractivity contribution in [1.82, 2.24) is 4.90 Å². The smallest absolute Gasteiger partial charge is 0.261 e. The van der Waals surface area contributed by atoms with Crippen molar-refractivity contribution in [2.75, 3.05) is 30.9 Å². The molecule has 9 heteroatoms. The van der Waals surface area contributed by atoms with Crippen LogP contribution in [0.15, 0.2) is 42.5 Å². The highest BCUT2D eigenvalue weighted by Crippen LogP contribution is 2.25. The van der Waals surface area contributed by atoms with Crippen LogP contribution in [-0.4, -0.2) is 48.8 Å². The molecule has 2 N–H and O–H groups in total. The van der Waals surface area contributed by atoms with Gasteiger partial charge in [-0.25, -0.2) is 0 Å². The van der Waals surface area contributed by atoms with Crippen LogP contribution in [0.3, 0.4) is 0 Å². The van der Waals surface area contributed by atoms with Crippen molar-refractivity contribution in [2.24, 2.45) is 0 Å². The number of methoxy groups -OCH3 is 1. The molecule has 31 heavy (non-hydrogen) atoms. The summed E-state index contributed by atoms with van der Waals surface area (Å²) in [6, 6.07) is 12.5. The lowest BCUT2D eigenvalue weighted by molar-refractivity contribution is -0.115. The van der Waals surface area contributed by atoms with Gasteiger partial charge in [0.2, 0.25) is 5.91 Å². The quantitative estimate of drug-likeness (QED) is 0.498. The maximum absolute atomic E-state index is 12.6. The molecule has 4 amide bonds. The van der Waals surface area contributed by atoms with E-state index in [-0.39, 0.29) is 35.6 Å². The van der Waals surface area contributed by atoms with Gasteiger partial charge in [0, 0.05) is 37.2 Å². The number of benzene rings is 2. The first-order valence-electron chi connectivity index (χ1n) is 9.52. The van der Waals surface area contributed by atoms with Gasteiger partial charge in [-0.2, -0.15) is 5.26 Å². The van der Waals surface area contributed by atoms with Gasteiger partial charge in [0.1, 0.15) is 6.42 Å². The Balaban J connectivity index is 1.68. The SMILES string of the molecule is COCCCN1C(=O)c2ccc(C(=O)Nc3ccc(NC(=O)CC#N)cc3)cc2C1=O. The number of nitrogens with zero attached hydrogens (tertiary/aromatic N) is 2. The molecule has 0 spiro atoms. The minimum atomic E-state index is -0.442. The van der Waals surface area contributed by atoms with E-state index >= 15 is 0 Å². The first kappa shape index (κ1) is 21.7. The highest BCUT2D eigenvalue weighted by molar-refractivity contribution is 6.22. The van der Waals surface area contributed by atoms with E-state index in [0.29, 0.717) is 24.4 Å². The molecule has 0 fully saturated rings. The van der Waals surface area contributed by atoms with Gasteiger partial charge in [-0.1, -0.05) is 0 Å². The van der Waals surface area contributed by atoms with Crippen LogP contribution in [0, 0.1) is 11.3 Å². The number of imide groups is 1. The molecular formula is C22H20N4O5. The molecule has 2 aromatic carbocycles. The maximum atomic E-state index is 12.6. The predicted octanol–water partition coefficient (Wildman–Crippen LogP) is 2.42. The highest BCUT2D eigenvalue weighted by Gasteiger charge is 2.35. The molecule has 9 nitrogen and oxygen atoms in total. The van der Waals surface area contributed by atoms with Crippen LogP contribution in [0.1, 0.15) is 43.9 Å². The Morgan fingerprint density at radius 1 is 1.00 bits per heavy atom. The molecule has 2 aromatic rings. The van der Waals surface area contributed by atoms with Gasteiger partial charge in [-0.15, -0.1) is 0 Å². The number of hydrogen-bond acceptors (Lipinski definition) is 6. The van der Waals surface area contributed by atoms with E-state index in [1.165, 1.54) is 18.2 Å². The minimum absolute atomic E-state index is 0.200. The van der Waals surface area contributed by atoms with Crippen LogP contribution in [-0.2, 0) is 9.53 Å². The van der Waals surface area contributed by atoms with Crippen molar-refractivity contribution < 1.29 is 23.9 Å². The number of nitrogens with one attached hydrogen (secondary N) is 2. The van der Waals surface area contributed by atoms with Crippen LogP contribution in [0.25, 0.3) is 0 Å². The Morgan fingerprint density at radius 2 is 1.65 bits per heavy atom. The third kappa shape index (κ3) is 4.94. The zero-order valence-electron chi connectivity index (χ0n) is 16.8. The lowest BCUT2D eigenvalue weighted by Crippen LogP contribution is -2.31. The number of nitriles is 1. The molecule has 0 aliphatic carbocycles. The molecule has 3 rings (SSSR count). The van der Waals surface area contributed by atoms with Crippen LogP contribution < -0.4 is 10.6 Å². The molecule has 1 aliphatic rings. The fraction of sp³-hybridized carbons (Fsp3) is 0.227. The fourth-order valence-corrected chi connectivity index (χ4v) is 3.12. The van der Waals surface area contributed by atoms with Gasteiger partial charge in [0.05, 0.1) is 17.2 Å². The van der Waals surface area contributed by atoms with Crippen LogP contribution in [0.5, 0.6) is 0 Å². The lowest BCUT2D eigenvalue weighted by atomic mass is 10.1. The van der Waals surface area contributed by atoms with Crippen LogP contribution in [0.2, 0.25) is 0 Å². The zero-order chi connectivity index (χ0) is 22.4. The van der Waals surface area contributed by atoms with E-state index in [9.17, 15) is 19.2 Å². The van der Waals surface area contributed by atoms with E-state index in [2.05, 4.69) is 10.6 Å². The Morgan fingerprint density at radius 3 is 2.29 bits per heavy atom. The van der Waals surface area contributed by atoms with Crippen molar-refractivity contribution in [2.45, 2.75) is 12.8 Å². The molecule has 158 valence electrons. The number of fused-ring (bicyclic) bond motifs is 1. The molecule has 0 radical (unpaired) electrons. The predicted molar refractivity (Wildman–Crippen MR) is 112 cm³/mol. The Hall–Kier alpha value is -4.03. The van der Waals surface area contributed by atoms with Gasteiger partial charge in [-0.3, -0.25) is 24.1 Å². The number of ether oxygens (including phenoxy) is 1. The van der Waals surface area contributed by atoms with Crippen molar-refractivity contribution in [1.29, 1.82) is 5.26 Å². The zero-order valence-corrected chi connectivity index (χ0v) is 16.8. The summed E-state index contributed by atoms with van der Waals surface area (Å²) in [5.74, 6) is -1.67. The van der Waals surface area contributed by atoms with Crippen molar-refractivity contribution >= 4 is 35.0 Å². The lowest BCUT2D eigenvalue weighted by Gasteiger charge is -2.12. The van der Waals surface area contributed by atoms with Crippen molar-refractivity contribution in [3.63, 3.8) is 0 Å². The number of carbonyl (C=O) groups is 4. The molecule has 1 aliphatic heterocycles. The maximum Gasteiger partial charge on any atom is 0.261 e. The molecule has 0 saturated carbocycles. The molecular weight excluding hydrogens is 400 g/mol. The summed E-state index contributed by atoms with van der Waals surface area (Å²) in [7, 11) is 1.55.